The minimum absolute atomic E-state index is 0.0739. The van der Waals surface area contributed by atoms with Crippen molar-refractivity contribution in [1.82, 2.24) is 9.97 Å². The van der Waals surface area contributed by atoms with E-state index in [9.17, 15) is 14.3 Å². The Morgan fingerprint density at radius 2 is 2.00 bits per heavy atom. The Bertz CT molecular complexity index is 602. The van der Waals surface area contributed by atoms with E-state index in [-0.39, 0.29) is 12.2 Å². The first-order valence-corrected chi connectivity index (χ1v) is 5.94. The van der Waals surface area contributed by atoms with Crippen LogP contribution in [0.25, 0.3) is 0 Å². The lowest BCUT2D eigenvalue weighted by Gasteiger charge is -2.13. The predicted molar refractivity (Wildman–Crippen MR) is 69.1 cm³/mol. The van der Waals surface area contributed by atoms with Crippen LogP contribution in [-0.2, 0) is 11.2 Å². The Morgan fingerprint density at radius 1 is 1.35 bits per heavy atom. The highest BCUT2D eigenvalue weighted by atomic mass is 19.1. The zero-order valence-electron chi connectivity index (χ0n) is 10.8. The molecule has 0 radical (unpaired) electrons. The number of aliphatic carboxylic acids is 1. The molecule has 0 saturated heterocycles. The predicted octanol–water partition coefficient (Wildman–Crippen LogP) is 2.04. The van der Waals surface area contributed by atoms with Gasteiger partial charge in [0.15, 0.2) is 5.82 Å². The quantitative estimate of drug-likeness (QED) is 0.904. The van der Waals surface area contributed by atoms with Crippen LogP contribution in [0.3, 0.4) is 0 Å². The number of ether oxygens (including phenoxy) is 1. The van der Waals surface area contributed by atoms with E-state index in [0.29, 0.717) is 5.75 Å². The Labute approximate surface area is 115 Å². The lowest BCUT2D eigenvalue weighted by Crippen LogP contribution is -2.17. The first-order valence-electron chi connectivity index (χ1n) is 5.94. The van der Waals surface area contributed by atoms with Gasteiger partial charge in [0.1, 0.15) is 17.5 Å². The Balaban J connectivity index is 2.30. The van der Waals surface area contributed by atoms with E-state index in [4.69, 9.17) is 4.74 Å². The first kappa shape index (κ1) is 13.9. The second-order valence-electron chi connectivity index (χ2n) is 4.17. The van der Waals surface area contributed by atoms with Gasteiger partial charge in [-0.05, 0) is 18.1 Å². The van der Waals surface area contributed by atoms with Gasteiger partial charge in [-0.25, -0.2) is 14.4 Å². The van der Waals surface area contributed by atoms with Crippen LogP contribution in [0.15, 0.2) is 36.7 Å². The van der Waals surface area contributed by atoms with Crippen molar-refractivity contribution in [2.45, 2.75) is 12.3 Å². The van der Waals surface area contributed by atoms with Gasteiger partial charge in [-0.3, -0.25) is 4.79 Å². The van der Waals surface area contributed by atoms with Crippen LogP contribution in [0.5, 0.6) is 5.75 Å². The summed E-state index contributed by atoms with van der Waals surface area (Å²) >= 11 is 0. The first-order chi connectivity index (χ1) is 9.61. The van der Waals surface area contributed by atoms with Crippen molar-refractivity contribution in [3.05, 3.63) is 53.9 Å². The minimum Gasteiger partial charge on any atom is -0.496 e. The Kier molecular flexibility index (Phi) is 4.24. The summed E-state index contributed by atoms with van der Waals surface area (Å²) in [6.07, 6.45) is 2.09. The number of hydrogen-bond donors (Lipinski definition) is 1. The molecule has 6 heteroatoms. The van der Waals surface area contributed by atoms with Crippen molar-refractivity contribution >= 4 is 5.97 Å². The SMILES string of the molecule is COc1ccccc1CC(C(=O)O)c1ncc(F)cn1. The monoisotopic (exact) mass is 276 g/mol. The van der Waals surface area contributed by atoms with Crippen molar-refractivity contribution in [2.75, 3.05) is 7.11 Å². The average Bonchev–Trinajstić information content (AvgIpc) is 2.46. The molecule has 0 spiro atoms. The highest BCUT2D eigenvalue weighted by Crippen LogP contribution is 2.25. The molecule has 2 rings (SSSR count). The summed E-state index contributed by atoms with van der Waals surface area (Å²) in [4.78, 5) is 18.9. The van der Waals surface area contributed by atoms with Crippen molar-refractivity contribution in [2.24, 2.45) is 0 Å². The number of halogens is 1. The molecule has 20 heavy (non-hydrogen) atoms. The van der Waals surface area contributed by atoms with Crippen LogP contribution < -0.4 is 4.74 Å². The summed E-state index contributed by atoms with van der Waals surface area (Å²) in [6, 6.07) is 7.12. The molecule has 1 aromatic carbocycles. The summed E-state index contributed by atoms with van der Waals surface area (Å²) in [6.45, 7) is 0. The molecule has 0 bridgehead atoms. The third kappa shape index (κ3) is 3.09. The number of nitrogens with zero attached hydrogens (tertiary/aromatic N) is 2. The third-order valence-corrected chi connectivity index (χ3v) is 2.87. The van der Waals surface area contributed by atoms with E-state index in [1.54, 1.807) is 24.3 Å². The average molecular weight is 276 g/mol. The Morgan fingerprint density at radius 3 is 2.60 bits per heavy atom. The fraction of sp³-hybridized carbons (Fsp3) is 0.214. The van der Waals surface area contributed by atoms with E-state index in [1.807, 2.05) is 0 Å². The molecule has 5 nitrogen and oxygen atoms in total. The summed E-state index contributed by atoms with van der Waals surface area (Å²) in [5.41, 5.74) is 0.732. The van der Waals surface area contributed by atoms with Gasteiger partial charge in [0.25, 0.3) is 0 Å². The number of aromatic nitrogens is 2. The zero-order valence-corrected chi connectivity index (χ0v) is 10.8. The summed E-state index contributed by atoms with van der Waals surface area (Å²) in [5.74, 6) is -1.95. The number of para-hydroxylation sites is 1. The molecule has 1 N–H and O–H groups in total. The summed E-state index contributed by atoms with van der Waals surface area (Å²) < 4.78 is 18.0. The van der Waals surface area contributed by atoms with Crippen LogP contribution in [-0.4, -0.2) is 28.2 Å². The third-order valence-electron chi connectivity index (χ3n) is 2.87. The van der Waals surface area contributed by atoms with E-state index in [0.717, 1.165) is 18.0 Å². The van der Waals surface area contributed by atoms with Gasteiger partial charge in [0.05, 0.1) is 19.5 Å². The summed E-state index contributed by atoms with van der Waals surface area (Å²) in [7, 11) is 1.52. The smallest absolute Gasteiger partial charge is 0.314 e. The highest BCUT2D eigenvalue weighted by Gasteiger charge is 2.24. The van der Waals surface area contributed by atoms with E-state index in [1.165, 1.54) is 7.11 Å². The van der Waals surface area contributed by atoms with Crippen molar-refractivity contribution in [1.29, 1.82) is 0 Å². The number of rotatable bonds is 5. The maximum absolute atomic E-state index is 12.8. The molecular formula is C14H13FN2O3. The molecule has 0 aliphatic heterocycles. The van der Waals surface area contributed by atoms with Gasteiger partial charge >= 0.3 is 5.97 Å². The number of benzene rings is 1. The maximum atomic E-state index is 12.8. The van der Waals surface area contributed by atoms with E-state index in [2.05, 4.69) is 9.97 Å². The molecule has 0 aliphatic rings. The molecule has 1 aromatic heterocycles. The summed E-state index contributed by atoms with van der Waals surface area (Å²) in [5, 5.41) is 9.31. The van der Waals surface area contributed by atoms with Crippen LogP contribution in [0, 0.1) is 5.82 Å². The number of methoxy groups -OCH3 is 1. The van der Waals surface area contributed by atoms with Crippen LogP contribution >= 0.6 is 0 Å². The van der Waals surface area contributed by atoms with Crippen LogP contribution in [0.2, 0.25) is 0 Å². The van der Waals surface area contributed by atoms with Gasteiger partial charge in [-0.1, -0.05) is 18.2 Å². The molecule has 0 saturated carbocycles. The number of carboxylic acid groups (broad SMARTS) is 1. The molecular weight excluding hydrogens is 263 g/mol. The standard InChI is InChI=1S/C14H13FN2O3/c1-20-12-5-3-2-4-9(12)6-11(14(18)19)13-16-7-10(15)8-17-13/h2-5,7-8,11H,6H2,1H3,(H,18,19). The van der Waals surface area contributed by atoms with Gasteiger partial charge < -0.3 is 9.84 Å². The van der Waals surface area contributed by atoms with Crippen LogP contribution in [0.4, 0.5) is 4.39 Å². The fourth-order valence-corrected chi connectivity index (χ4v) is 1.88. The number of carbonyl (C=O) groups is 1. The molecule has 0 fully saturated rings. The van der Waals surface area contributed by atoms with Crippen molar-refractivity contribution < 1.29 is 19.0 Å². The van der Waals surface area contributed by atoms with Gasteiger partial charge in [0.2, 0.25) is 0 Å². The van der Waals surface area contributed by atoms with Gasteiger partial charge in [-0.15, -0.1) is 0 Å². The molecule has 2 aromatic rings. The molecule has 0 amide bonds. The largest absolute Gasteiger partial charge is 0.496 e. The lowest BCUT2D eigenvalue weighted by atomic mass is 9.98. The van der Waals surface area contributed by atoms with Crippen molar-refractivity contribution in [3.63, 3.8) is 0 Å². The fourth-order valence-electron chi connectivity index (χ4n) is 1.88. The second-order valence-corrected chi connectivity index (χ2v) is 4.17. The number of hydrogen-bond acceptors (Lipinski definition) is 4. The van der Waals surface area contributed by atoms with E-state index < -0.39 is 17.7 Å². The highest BCUT2D eigenvalue weighted by molar-refractivity contribution is 5.75. The molecule has 1 heterocycles. The second kappa shape index (κ2) is 6.10. The molecule has 0 aliphatic carbocycles. The van der Waals surface area contributed by atoms with E-state index >= 15 is 0 Å². The zero-order chi connectivity index (χ0) is 14.5. The molecule has 1 unspecified atom stereocenters. The minimum atomic E-state index is -1.07. The van der Waals surface area contributed by atoms with Gasteiger partial charge in [0, 0.05) is 0 Å². The van der Waals surface area contributed by atoms with Gasteiger partial charge in [-0.2, -0.15) is 0 Å². The number of carboxylic acids is 1. The maximum Gasteiger partial charge on any atom is 0.314 e. The Hall–Kier alpha value is -2.50. The molecule has 104 valence electrons. The van der Waals surface area contributed by atoms with Crippen LogP contribution in [0.1, 0.15) is 17.3 Å². The normalized spacial score (nSPS) is 11.9. The molecule has 1 atom stereocenters. The van der Waals surface area contributed by atoms with Crippen molar-refractivity contribution in [3.8, 4) is 5.75 Å². The topological polar surface area (TPSA) is 72.3 Å². The lowest BCUT2D eigenvalue weighted by molar-refractivity contribution is -0.139.